The average Bonchev–Trinajstić information content (AvgIpc) is 2.82. The predicted molar refractivity (Wildman–Crippen MR) is 134 cm³/mol. The summed E-state index contributed by atoms with van der Waals surface area (Å²) >= 11 is 0. The predicted octanol–water partition coefficient (Wildman–Crippen LogP) is 5.74. The normalized spacial score (nSPS) is 15.5. The fourth-order valence-corrected chi connectivity index (χ4v) is 4.65. The molecular weight excluding hydrogens is 453 g/mol. The van der Waals surface area contributed by atoms with Crippen LogP contribution in [0.1, 0.15) is 43.1 Å². The smallest absolute Gasteiger partial charge is 0.368 e. The molecule has 1 N–H and O–H groups in total. The molecule has 0 bridgehead atoms. The van der Waals surface area contributed by atoms with E-state index in [1.165, 1.54) is 12.1 Å². The number of para-hydroxylation sites is 1. The Morgan fingerprint density at radius 2 is 1.66 bits per heavy atom. The van der Waals surface area contributed by atoms with Crippen molar-refractivity contribution in [3.05, 3.63) is 65.7 Å². The van der Waals surface area contributed by atoms with E-state index >= 15 is 0 Å². The van der Waals surface area contributed by atoms with Crippen LogP contribution in [-0.4, -0.2) is 43.1 Å². The van der Waals surface area contributed by atoms with Gasteiger partial charge in [0.15, 0.2) is 0 Å². The van der Waals surface area contributed by atoms with Gasteiger partial charge < -0.3 is 15.1 Å². The van der Waals surface area contributed by atoms with Gasteiger partial charge in [0.05, 0.1) is 16.6 Å². The van der Waals surface area contributed by atoms with Gasteiger partial charge in [0.1, 0.15) is 5.82 Å². The van der Waals surface area contributed by atoms with Crippen molar-refractivity contribution in [2.24, 2.45) is 5.92 Å². The molecule has 186 valence electrons. The molecule has 1 aliphatic rings. The van der Waals surface area contributed by atoms with E-state index in [9.17, 15) is 18.0 Å². The van der Waals surface area contributed by atoms with Gasteiger partial charge in [-0.25, -0.2) is 4.98 Å². The third-order valence-corrected chi connectivity index (χ3v) is 6.29. The number of anilines is 2. The van der Waals surface area contributed by atoms with Gasteiger partial charge in [-0.1, -0.05) is 38.1 Å². The van der Waals surface area contributed by atoms with E-state index in [1.807, 2.05) is 42.2 Å². The number of piperazine rings is 1. The SMILES string of the molecule is CC(C)C[C@H](C)NC(=O)c1cc(N2CCN(c3cccc(C(F)(F)F)c3)CC2)nc2ccccc12. The third kappa shape index (κ3) is 5.86. The monoisotopic (exact) mass is 484 g/mol. The molecule has 1 amide bonds. The molecule has 3 aromatic rings. The van der Waals surface area contributed by atoms with E-state index in [2.05, 4.69) is 24.1 Å². The van der Waals surface area contributed by atoms with Crippen LogP contribution in [0.3, 0.4) is 0 Å². The van der Waals surface area contributed by atoms with Gasteiger partial charge in [-0.05, 0) is 49.6 Å². The number of pyridine rings is 1. The lowest BCUT2D eigenvalue weighted by molar-refractivity contribution is -0.137. The Hall–Kier alpha value is -3.29. The Labute approximate surface area is 203 Å². The molecule has 0 saturated carbocycles. The molecule has 0 radical (unpaired) electrons. The first-order valence-corrected chi connectivity index (χ1v) is 12.0. The number of carbonyl (C=O) groups is 1. The number of alkyl halides is 3. The number of benzene rings is 2. The Kier molecular flexibility index (Phi) is 7.19. The van der Waals surface area contributed by atoms with Crippen LogP contribution in [-0.2, 0) is 6.18 Å². The molecule has 5 nitrogen and oxygen atoms in total. The standard InChI is InChI=1S/C27H31F3N4O/c1-18(2)15-19(3)31-26(35)23-17-25(32-24-10-5-4-9-22(23)24)34-13-11-33(12-14-34)21-8-6-7-20(16-21)27(28,29)30/h4-10,16-19H,11-15H2,1-3H3,(H,31,35)/t19-/m0/s1. The van der Waals surface area contributed by atoms with E-state index in [0.717, 1.165) is 23.4 Å². The van der Waals surface area contributed by atoms with Crippen molar-refractivity contribution < 1.29 is 18.0 Å². The molecule has 4 rings (SSSR count). The Morgan fingerprint density at radius 1 is 0.971 bits per heavy atom. The van der Waals surface area contributed by atoms with Gasteiger partial charge in [0, 0.05) is 43.3 Å². The van der Waals surface area contributed by atoms with Crippen LogP contribution in [0.25, 0.3) is 10.9 Å². The van der Waals surface area contributed by atoms with Crippen LogP contribution >= 0.6 is 0 Å². The molecule has 0 aliphatic carbocycles. The zero-order valence-electron chi connectivity index (χ0n) is 20.3. The molecular formula is C27H31F3N4O. The summed E-state index contributed by atoms with van der Waals surface area (Å²) in [6.45, 7) is 8.56. The number of amides is 1. The van der Waals surface area contributed by atoms with E-state index in [1.54, 1.807) is 6.07 Å². The van der Waals surface area contributed by atoms with Crippen LogP contribution in [0.2, 0.25) is 0 Å². The van der Waals surface area contributed by atoms with Gasteiger partial charge in [0.2, 0.25) is 0 Å². The summed E-state index contributed by atoms with van der Waals surface area (Å²) in [5.74, 6) is 1.05. The maximum absolute atomic E-state index is 13.2. The molecule has 2 aromatic carbocycles. The van der Waals surface area contributed by atoms with E-state index in [0.29, 0.717) is 49.2 Å². The van der Waals surface area contributed by atoms with Gasteiger partial charge in [-0.3, -0.25) is 4.79 Å². The highest BCUT2D eigenvalue weighted by atomic mass is 19.4. The van der Waals surface area contributed by atoms with Crippen LogP contribution in [0, 0.1) is 5.92 Å². The molecule has 1 saturated heterocycles. The number of hydrogen-bond donors (Lipinski definition) is 1. The average molecular weight is 485 g/mol. The number of nitrogens with zero attached hydrogens (tertiary/aromatic N) is 3. The second-order valence-electron chi connectivity index (χ2n) is 9.57. The van der Waals surface area contributed by atoms with Crippen LogP contribution in [0.15, 0.2) is 54.6 Å². The highest BCUT2D eigenvalue weighted by Crippen LogP contribution is 2.32. The molecule has 1 aromatic heterocycles. The Bertz CT molecular complexity index is 1190. The summed E-state index contributed by atoms with van der Waals surface area (Å²) in [6.07, 6.45) is -3.48. The molecule has 2 heterocycles. The van der Waals surface area contributed by atoms with Crippen molar-refractivity contribution >= 4 is 28.3 Å². The Balaban J connectivity index is 1.54. The first-order chi connectivity index (χ1) is 16.6. The lowest BCUT2D eigenvalue weighted by Gasteiger charge is -2.37. The molecule has 35 heavy (non-hydrogen) atoms. The Morgan fingerprint density at radius 3 is 2.34 bits per heavy atom. The van der Waals surface area contributed by atoms with Gasteiger partial charge in [-0.2, -0.15) is 13.2 Å². The maximum atomic E-state index is 13.2. The number of aromatic nitrogens is 1. The zero-order valence-corrected chi connectivity index (χ0v) is 20.3. The molecule has 1 atom stereocenters. The number of carbonyl (C=O) groups excluding carboxylic acids is 1. The fraction of sp³-hybridized carbons (Fsp3) is 0.407. The summed E-state index contributed by atoms with van der Waals surface area (Å²) in [4.78, 5) is 22.0. The van der Waals surface area contributed by atoms with Crippen LogP contribution in [0.4, 0.5) is 24.7 Å². The minimum absolute atomic E-state index is 0.0499. The minimum atomic E-state index is -4.36. The number of nitrogens with one attached hydrogen (secondary N) is 1. The highest BCUT2D eigenvalue weighted by Gasteiger charge is 2.31. The van der Waals surface area contributed by atoms with Gasteiger partial charge in [0.25, 0.3) is 5.91 Å². The number of halogens is 3. The van der Waals surface area contributed by atoms with Crippen molar-refractivity contribution in [3.8, 4) is 0 Å². The van der Waals surface area contributed by atoms with Crippen LogP contribution in [0.5, 0.6) is 0 Å². The summed E-state index contributed by atoms with van der Waals surface area (Å²) in [7, 11) is 0. The molecule has 1 fully saturated rings. The minimum Gasteiger partial charge on any atom is -0.368 e. The third-order valence-electron chi connectivity index (χ3n) is 6.29. The lowest BCUT2D eigenvalue weighted by Crippen LogP contribution is -2.47. The largest absolute Gasteiger partial charge is 0.416 e. The molecule has 0 unspecified atom stereocenters. The second kappa shape index (κ2) is 10.1. The van der Waals surface area contributed by atoms with E-state index < -0.39 is 11.7 Å². The second-order valence-corrected chi connectivity index (χ2v) is 9.57. The van der Waals surface area contributed by atoms with Crippen molar-refractivity contribution in [3.63, 3.8) is 0 Å². The van der Waals surface area contributed by atoms with E-state index in [4.69, 9.17) is 4.98 Å². The van der Waals surface area contributed by atoms with E-state index in [-0.39, 0.29) is 11.9 Å². The van der Waals surface area contributed by atoms with Gasteiger partial charge in [-0.15, -0.1) is 0 Å². The van der Waals surface area contributed by atoms with Crippen molar-refractivity contribution in [1.82, 2.24) is 10.3 Å². The summed E-state index contributed by atoms with van der Waals surface area (Å²) in [5.41, 5.74) is 1.25. The summed E-state index contributed by atoms with van der Waals surface area (Å²) < 4.78 is 39.4. The lowest BCUT2D eigenvalue weighted by atomic mass is 10.0. The van der Waals surface area contributed by atoms with Crippen molar-refractivity contribution in [2.75, 3.05) is 36.0 Å². The van der Waals surface area contributed by atoms with Gasteiger partial charge >= 0.3 is 6.18 Å². The first kappa shape index (κ1) is 24.8. The number of fused-ring (bicyclic) bond motifs is 1. The first-order valence-electron chi connectivity index (χ1n) is 12.0. The number of rotatable bonds is 6. The quantitative estimate of drug-likeness (QED) is 0.484. The van der Waals surface area contributed by atoms with Crippen LogP contribution < -0.4 is 15.1 Å². The summed E-state index contributed by atoms with van der Waals surface area (Å²) in [5, 5.41) is 3.91. The molecule has 8 heteroatoms. The maximum Gasteiger partial charge on any atom is 0.416 e. The fourth-order valence-electron chi connectivity index (χ4n) is 4.65. The highest BCUT2D eigenvalue weighted by molar-refractivity contribution is 6.07. The molecule has 0 spiro atoms. The number of hydrogen-bond acceptors (Lipinski definition) is 4. The van der Waals surface area contributed by atoms with Crippen molar-refractivity contribution in [1.29, 1.82) is 0 Å². The summed E-state index contributed by atoms with van der Waals surface area (Å²) in [6, 6.07) is 14.9. The van der Waals surface area contributed by atoms with Crippen molar-refractivity contribution in [2.45, 2.75) is 39.4 Å². The molecule has 1 aliphatic heterocycles. The topological polar surface area (TPSA) is 48.5 Å². The zero-order chi connectivity index (χ0) is 25.2.